The zero-order valence-corrected chi connectivity index (χ0v) is 12.4. The van der Waals surface area contributed by atoms with Gasteiger partial charge in [0.25, 0.3) is 0 Å². The van der Waals surface area contributed by atoms with Gasteiger partial charge in [0.05, 0.1) is 5.69 Å². The summed E-state index contributed by atoms with van der Waals surface area (Å²) in [5.74, 6) is 1.88. The molecule has 0 saturated carbocycles. The third kappa shape index (κ3) is 3.06. The maximum absolute atomic E-state index is 5.93. The molecule has 1 aliphatic heterocycles. The monoisotopic (exact) mass is 262 g/mol. The second-order valence-electron chi connectivity index (χ2n) is 5.61. The molecule has 1 aromatic rings. The van der Waals surface area contributed by atoms with E-state index in [4.69, 9.17) is 5.73 Å². The van der Waals surface area contributed by atoms with Crippen LogP contribution >= 0.6 is 0 Å². The maximum atomic E-state index is 5.93. The van der Waals surface area contributed by atoms with Gasteiger partial charge in [-0.1, -0.05) is 13.3 Å². The molecule has 0 aliphatic carbocycles. The molecule has 4 nitrogen and oxygen atoms in total. The molecule has 0 aromatic carbocycles. The SMILES string of the molecule is CCC1CCCN(c2nnc(C)c(C)c2CN)CC1. The van der Waals surface area contributed by atoms with Crippen molar-refractivity contribution in [2.24, 2.45) is 11.7 Å². The van der Waals surface area contributed by atoms with E-state index in [1.165, 1.54) is 36.8 Å². The quantitative estimate of drug-likeness (QED) is 0.909. The van der Waals surface area contributed by atoms with Crippen molar-refractivity contribution in [2.75, 3.05) is 18.0 Å². The lowest BCUT2D eigenvalue weighted by molar-refractivity contribution is 0.459. The minimum absolute atomic E-state index is 0.547. The molecule has 2 N–H and O–H groups in total. The largest absolute Gasteiger partial charge is 0.355 e. The van der Waals surface area contributed by atoms with Gasteiger partial charge in [0.1, 0.15) is 0 Å². The van der Waals surface area contributed by atoms with Crippen molar-refractivity contribution in [3.05, 3.63) is 16.8 Å². The number of hydrogen-bond donors (Lipinski definition) is 1. The minimum Gasteiger partial charge on any atom is -0.355 e. The maximum Gasteiger partial charge on any atom is 0.156 e. The normalized spacial score (nSPS) is 20.4. The summed E-state index contributed by atoms with van der Waals surface area (Å²) in [5, 5.41) is 8.71. The average Bonchev–Trinajstić information content (AvgIpc) is 2.67. The first-order chi connectivity index (χ1) is 9.17. The molecule has 1 aromatic heterocycles. The van der Waals surface area contributed by atoms with Crippen LogP contribution in [0.1, 0.15) is 49.4 Å². The fourth-order valence-corrected chi connectivity index (χ4v) is 2.93. The molecule has 4 heteroatoms. The fourth-order valence-electron chi connectivity index (χ4n) is 2.93. The van der Waals surface area contributed by atoms with Gasteiger partial charge in [-0.25, -0.2) is 0 Å². The Morgan fingerprint density at radius 1 is 1.21 bits per heavy atom. The standard InChI is InChI=1S/C15H26N4/c1-4-13-6-5-8-19(9-7-13)15-14(10-16)11(2)12(3)17-18-15/h13H,4-10,16H2,1-3H3. The molecule has 1 fully saturated rings. The van der Waals surface area contributed by atoms with Crippen molar-refractivity contribution in [3.8, 4) is 0 Å². The van der Waals surface area contributed by atoms with E-state index in [2.05, 4.69) is 28.9 Å². The molecular weight excluding hydrogens is 236 g/mol. The van der Waals surface area contributed by atoms with Gasteiger partial charge in [-0.15, -0.1) is 5.10 Å². The summed E-state index contributed by atoms with van der Waals surface area (Å²) < 4.78 is 0. The second kappa shape index (κ2) is 6.33. The highest BCUT2D eigenvalue weighted by Crippen LogP contribution is 2.27. The van der Waals surface area contributed by atoms with E-state index in [1.807, 2.05) is 6.92 Å². The highest BCUT2D eigenvalue weighted by Gasteiger charge is 2.20. The summed E-state index contributed by atoms with van der Waals surface area (Å²) in [4.78, 5) is 2.39. The molecule has 1 atom stereocenters. The first kappa shape index (κ1) is 14.3. The number of aromatic nitrogens is 2. The van der Waals surface area contributed by atoms with E-state index >= 15 is 0 Å². The van der Waals surface area contributed by atoms with E-state index < -0.39 is 0 Å². The lowest BCUT2D eigenvalue weighted by atomic mass is 9.98. The van der Waals surface area contributed by atoms with Crippen LogP contribution in [-0.2, 0) is 6.54 Å². The van der Waals surface area contributed by atoms with Crippen LogP contribution in [0.15, 0.2) is 0 Å². The van der Waals surface area contributed by atoms with Gasteiger partial charge >= 0.3 is 0 Å². The van der Waals surface area contributed by atoms with Gasteiger partial charge in [-0.3, -0.25) is 0 Å². The van der Waals surface area contributed by atoms with Crippen molar-refractivity contribution >= 4 is 5.82 Å². The van der Waals surface area contributed by atoms with Gasteiger partial charge in [-0.2, -0.15) is 5.10 Å². The molecule has 2 heterocycles. The van der Waals surface area contributed by atoms with E-state index in [-0.39, 0.29) is 0 Å². The highest BCUT2D eigenvalue weighted by atomic mass is 15.3. The van der Waals surface area contributed by atoms with Crippen molar-refractivity contribution in [3.63, 3.8) is 0 Å². The molecule has 1 saturated heterocycles. The van der Waals surface area contributed by atoms with Crippen molar-refractivity contribution in [1.29, 1.82) is 0 Å². The zero-order valence-electron chi connectivity index (χ0n) is 12.4. The van der Waals surface area contributed by atoms with Gasteiger partial charge in [-0.05, 0) is 44.6 Å². The highest BCUT2D eigenvalue weighted by molar-refractivity contribution is 5.50. The predicted molar refractivity (Wildman–Crippen MR) is 79.2 cm³/mol. The summed E-state index contributed by atoms with van der Waals surface area (Å²) in [6.07, 6.45) is 5.13. The predicted octanol–water partition coefficient (Wildman–Crippen LogP) is 2.57. The average molecular weight is 262 g/mol. The number of hydrogen-bond acceptors (Lipinski definition) is 4. The molecule has 0 amide bonds. The van der Waals surface area contributed by atoms with Crippen LogP contribution in [-0.4, -0.2) is 23.3 Å². The van der Waals surface area contributed by atoms with E-state index in [0.29, 0.717) is 6.54 Å². The lowest BCUT2D eigenvalue weighted by Gasteiger charge is -2.24. The topological polar surface area (TPSA) is 55.0 Å². The van der Waals surface area contributed by atoms with Crippen LogP contribution in [0.25, 0.3) is 0 Å². The van der Waals surface area contributed by atoms with Gasteiger partial charge in [0.2, 0.25) is 0 Å². The Morgan fingerprint density at radius 3 is 2.68 bits per heavy atom. The molecule has 19 heavy (non-hydrogen) atoms. The molecule has 2 rings (SSSR count). The molecule has 0 radical (unpaired) electrons. The van der Waals surface area contributed by atoms with Crippen LogP contribution in [0.4, 0.5) is 5.82 Å². The number of aryl methyl sites for hydroxylation is 1. The summed E-state index contributed by atoms with van der Waals surface area (Å²) >= 11 is 0. The first-order valence-corrected chi connectivity index (χ1v) is 7.45. The molecular formula is C15H26N4. The fraction of sp³-hybridized carbons (Fsp3) is 0.733. The number of anilines is 1. The number of rotatable bonds is 3. The zero-order chi connectivity index (χ0) is 13.8. The van der Waals surface area contributed by atoms with Gasteiger partial charge < -0.3 is 10.6 Å². The Hall–Kier alpha value is -1.16. The Bertz CT molecular complexity index is 430. The Balaban J connectivity index is 2.24. The summed E-state index contributed by atoms with van der Waals surface area (Å²) in [6, 6.07) is 0. The lowest BCUT2D eigenvalue weighted by Crippen LogP contribution is -2.28. The summed E-state index contributed by atoms with van der Waals surface area (Å²) in [6.45, 7) is 9.11. The van der Waals surface area contributed by atoms with E-state index in [9.17, 15) is 0 Å². The van der Waals surface area contributed by atoms with Gasteiger partial charge in [0.15, 0.2) is 5.82 Å². The van der Waals surface area contributed by atoms with Crippen LogP contribution in [0.3, 0.4) is 0 Å². The van der Waals surface area contributed by atoms with Gasteiger partial charge in [0, 0.05) is 25.2 Å². The van der Waals surface area contributed by atoms with E-state index in [1.54, 1.807) is 0 Å². The molecule has 1 unspecified atom stereocenters. The second-order valence-corrected chi connectivity index (χ2v) is 5.61. The molecule has 0 spiro atoms. The van der Waals surface area contributed by atoms with Crippen LogP contribution < -0.4 is 10.6 Å². The number of nitrogens with two attached hydrogens (primary N) is 1. The van der Waals surface area contributed by atoms with Crippen LogP contribution in [0.5, 0.6) is 0 Å². The van der Waals surface area contributed by atoms with Crippen LogP contribution in [0.2, 0.25) is 0 Å². The minimum atomic E-state index is 0.547. The Kier molecular flexibility index (Phi) is 4.75. The third-order valence-electron chi connectivity index (χ3n) is 4.49. The van der Waals surface area contributed by atoms with Crippen molar-refractivity contribution in [1.82, 2.24) is 10.2 Å². The molecule has 0 bridgehead atoms. The van der Waals surface area contributed by atoms with E-state index in [0.717, 1.165) is 30.5 Å². The summed E-state index contributed by atoms with van der Waals surface area (Å²) in [7, 11) is 0. The summed E-state index contributed by atoms with van der Waals surface area (Å²) in [5.41, 5.74) is 9.28. The number of nitrogens with zero attached hydrogens (tertiary/aromatic N) is 3. The van der Waals surface area contributed by atoms with Crippen molar-refractivity contribution in [2.45, 2.75) is 53.0 Å². The molecule has 1 aliphatic rings. The smallest absolute Gasteiger partial charge is 0.156 e. The Morgan fingerprint density at radius 2 is 2.00 bits per heavy atom. The third-order valence-corrected chi connectivity index (χ3v) is 4.49. The van der Waals surface area contributed by atoms with Crippen LogP contribution in [0, 0.1) is 19.8 Å². The Labute approximate surface area is 116 Å². The van der Waals surface area contributed by atoms with Crippen molar-refractivity contribution < 1.29 is 0 Å². The first-order valence-electron chi connectivity index (χ1n) is 7.45. The molecule has 106 valence electrons.